The molecule has 4 aliphatic rings. The van der Waals surface area contributed by atoms with Crippen molar-refractivity contribution in [3.8, 4) is 0 Å². The molecule has 130 valence electrons. The smallest absolute Gasteiger partial charge is 0.245 e. The number of rotatable bonds is 2. The quantitative estimate of drug-likeness (QED) is 0.219. The van der Waals surface area contributed by atoms with Crippen molar-refractivity contribution in [3.05, 3.63) is 0 Å². The van der Waals surface area contributed by atoms with Crippen LogP contribution in [0.2, 0.25) is 0 Å². The molecule has 2 saturated heterocycles. The highest BCUT2D eigenvalue weighted by Gasteiger charge is 2.44. The van der Waals surface area contributed by atoms with Gasteiger partial charge in [-0.3, -0.25) is 4.90 Å². The fraction of sp³-hybridized carbons (Fsp3) is 0.818. The average molecular weight is 347 g/mol. The molecular formula is C11H21N7O4S. The van der Waals surface area contributed by atoms with Gasteiger partial charge in [0, 0.05) is 25.9 Å². The van der Waals surface area contributed by atoms with E-state index < -0.39 is 10.4 Å². The standard InChI is InChI=1S/C8H15N4.C3H7N3O4S/c1-2-6-12(5-1)7-11-4-3-9-8(11)10-12;7-11(8,9)10-6-3-4-1-2-5-3/h1-7H2,(H,9,10);1-2H2,(H2,4,5,6)(H,7,8,9)/q+1;/p-1. The van der Waals surface area contributed by atoms with Crippen LogP contribution in [-0.2, 0) is 14.7 Å². The lowest BCUT2D eigenvalue weighted by molar-refractivity contribution is -0.946. The van der Waals surface area contributed by atoms with E-state index in [4.69, 9.17) is 0 Å². The van der Waals surface area contributed by atoms with E-state index in [1.807, 2.05) is 5.48 Å². The van der Waals surface area contributed by atoms with Gasteiger partial charge in [-0.2, -0.15) is 4.28 Å². The molecule has 4 rings (SSSR count). The number of hydroxylamine groups is 1. The molecule has 0 unspecified atom stereocenters. The molecule has 0 amide bonds. The molecule has 0 aliphatic carbocycles. The Balaban J connectivity index is 0.000000137. The number of hydrogen-bond acceptors (Lipinski definition) is 10. The number of nitrogens with zero attached hydrogens (tertiary/aromatic N) is 4. The molecule has 0 saturated carbocycles. The number of nitrogens with one attached hydrogen (secondary N) is 3. The largest absolute Gasteiger partial charge is 0.724 e. The molecule has 0 radical (unpaired) electrons. The molecule has 4 aliphatic heterocycles. The van der Waals surface area contributed by atoms with Gasteiger partial charge in [-0.1, -0.05) is 0 Å². The van der Waals surface area contributed by atoms with Crippen molar-refractivity contribution in [3.63, 3.8) is 0 Å². The highest BCUT2D eigenvalue weighted by Crippen LogP contribution is 2.23. The van der Waals surface area contributed by atoms with Crippen molar-refractivity contribution < 1.29 is 21.8 Å². The maximum absolute atomic E-state index is 9.86. The molecule has 1 spiro atoms. The minimum Gasteiger partial charge on any atom is -0.724 e. The predicted octanol–water partition coefficient (Wildman–Crippen LogP) is -2.33. The highest BCUT2D eigenvalue weighted by atomic mass is 32.3. The Morgan fingerprint density at radius 3 is 2.65 bits per heavy atom. The van der Waals surface area contributed by atoms with Gasteiger partial charge in [0.1, 0.15) is 13.1 Å². The second-order valence-corrected chi connectivity index (χ2v) is 6.76. The molecule has 0 aromatic rings. The van der Waals surface area contributed by atoms with E-state index in [9.17, 15) is 13.0 Å². The van der Waals surface area contributed by atoms with Gasteiger partial charge in [0.2, 0.25) is 22.3 Å². The van der Waals surface area contributed by atoms with Crippen LogP contribution in [0.5, 0.6) is 0 Å². The molecule has 0 aromatic carbocycles. The summed E-state index contributed by atoms with van der Waals surface area (Å²) in [5.41, 5.74) is 5.40. The first-order valence-electron chi connectivity index (χ1n) is 7.58. The van der Waals surface area contributed by atoms with Crippen molar-refractivity contribution in [2.45, 2.75) is 12.8 Å². The SMILES string of the molecule is C1CC[N+]2(C1)CN1CCN=C1N2.O=S(=O)([O-])ONC1=NCCN1. The maximum atomic E-state index is 9.86. The average Bonchev–Trinajstić information content (AvgIpc) is 3.22. The van der Waals surface area contributed by atoms with Gasteiger partial charge < -0.3 is 9.87 Å². The molecule has 0 bridgehead atoms. The summed E-state index contributed by atoms with van der Waals surface area (Å²) < 4.78 is 34.4. The lowest BCUT2D eigenvalue weighted by Gasteiger charge is -2.26. The topological polar surface area (TPSA) is 130 Å². The van der Waals surface area contributed by atoms with Gasteiger partial charge in [-0.25, -0.2) is 33.9 Å². The Hall–Kier alpha value is -1.63. The molecule has 11 nitrogen and oxygen atoms in total. The summed E-state index contributed by atoms with van der Waals surface area (Å²) in [6, 6.07) is 0. The van der Waals surface area contributed by atoms with E-state index in [1.54, 1.807) is 0 Å². The fourth-order valence-corrected chi connectivity index (χ4v) is 3.23. The first kappa shape index (κ1) is 16.2. The van der Waals surface area contributed by atoms with E-state index in [0.29, 0.717) is 13.1 Å². The lowest BCUT2D eigenvalue weighted by Crippen LogP contribution is -2.52. The normalized spacial score (nSPS) is 24.3. The monoisotopic (exact) mass is 347 g/mol. The Morgan fingerprint density at radius 1 is 1.26 bits per heavy atom. The van der Waals surface area contributed by atoms with Crippen molar-refractivity contribution in [2.75, 3.05) is 45.9 Å². The number of fused-ring (bicyclic) bond motifs is 1. The zero-order chi connectivity index (χ0) is 16.3. The summed E-state index contributed by atoms with van der Waals surface area (Å²) in [5, 5.41) is 2.64. The zero-order valence-electron chi connectivity index (χ0n) is 12.7. The molecule has 0 aromatic heterocycles. The van der Waals surface area contributed by atoms with Crippen LogP contribution < -0.4 is 16.2 Å². The van der Waals surface area contributed by atoms with Crippen molar-refractivity contribution in [1.82, 2.24) is 21.1 Å². The van der Waals surface area contributed by atoms with Gasteiger partial charge in [-0.15, -0.1) is 0 Å². The number of aliphatic imine (C=N–C) groups is 2. The third-order valence-corrected chi connectivity index (χ3v) is 4.33. The van der Waals surface area contributed by atoms with Crippen LogP contribution in [0.3, 0.4) is 0 Å². The van der Waals surface area contributed by atoms with Crippen LogP contribution in [-0.4, -0.2) is 80.3 Å². The summed E-state index contributed by atoms with van der Waals surface area (Å²) in [6.45, 7) is 6.98. The lowest BCUT2D eigenvalue weighted by atomic mass is 10.4. The van der Waals surface area contributed by atoms with Crippen LogP contribution in [0.15, 0.2) is 9.98 Å². The van der Waals surface area contributed by atoms with Gasteiger partial charge >= 0.3 is 0 Å². The minimum atomic E-state index is -4.69. The molecule has 23 heavy (non-hydrogen) atoms. The van der Waals surface area contributed by atoms with Crippen molar-refractivity contribution in [1.29, 1.82) is 0 Å². The molecule has 3 N–H and O–H groups in total. The van der Waals surface area contributed by atoms with Crippen LogP contribution in [0.4, 0.5) is 0 Å². The summed E-state index contributed by atoms with van der Waals surface area (Å²) in [7, 11) is -4.69. The molecule has 2 fully saturated rings. The van der Waals surface area contributed by atoms with Crippen LogP contribution >= 0.6 is 0 Å². The maximum Gasteiger partial charge on any atom is 0.245 e. The summed E-state index contributed by atoms with van der Waals surface area (Å²) in [6.07, 6.45) is 2.74. The first-order chi connectivity index (χ1) is 11.0. The Bertz CT molecular complexity index is 599. The third kappa shape index (κ3) is 4.22. The van der Waals surface area contributed by atoms with E-state index in [1.165, 1.54) is 25.9 Å². The summed E-state index contributed by atoms with van der Waals surface area (Å²) in [5.74, 6) is 1.31. The van der Waals surface area contributed by atoms with Gasteiger partial charge in [0.15, 0.2) is 6.67 Å². The van der Waals surface area contributed by atoms with Crippen LogP contribution in [0.1, 0.15) is 12.8 Å². The summed E-state index contributed by atoms with van der Waals surface area (Å²) in [4.78, 5) is 10.5. The van der Waals surface area contributed by atoms with E-state index >= 15 is 0 Å². The zero-order valence-corrected chi connectivity index (χ0v) is 13.5. The van der Waals surface area contributed by atoms with Crippen LogP contribution in [0.25, 0.3) is 0 Å². The van der Waals surface area contributed by atoms with Crippen molar-refractivity contribution >= 4 is 22.3 Å². The summed E-state index contributed by atoms with van der Waals surface area (Å²) >= 11 is 0. The fourth-order valence-electron chi connectivity index (χ4n) is 3.05. The second kappa shape index (κ2) is 6.47. The van der Waals surface area contributed by atoms with E-state index in [2.05, 4.69) is 29.9 Å². The number of hydrogen-bond donors (Lipinski definition) is 3. The van der Waals surface area contributed by atoms with E-state index in [0.717, 1.165) is 30.3 Å². The van der Waals surface area contributed by atoms with Crippen LogP contribution in [0, 0.1) is 0 Å². The second-order valence-electron chi connectivity index (χ2n) is 5.77. The molecule has 4 heterocycles. The Morgan fingerprint density at radius 2 is 2.04 bits per heavy atom. The third-order valence-electron chi connectivity index (χ3n) is 4.05. The Kier molecular flexibility index (Phi) is 4.57. The highest BCUT2D eigenvalue weighted by molar-refractivity contribution is 7.80. The number of quaternary nitrogens is 1. The van der Waals surface area contributed by atoms with Gasteiger partial charge in [0.05, 0.1) is 13.1 Å². The van der Waals surface area contributed by atoms with Gasteiger partial charge in [0.25, 0.3) is 0 Å². The molecule has 0 atom stereocenters. The Labute approximate surface area is 134 Å². The molecule has 12 heteroatoms. The minimum absolute atomic E-state index is 0.157. The first-order valence-corrected chi connectivity index (χ1v) is 8.92. The number of guanidine groups is 2. The van der Waals surface area contributed by atoms with E-state index in [-0.39, 0.29) is 5.96 Å². The van der Waals surface area contributed by atoms with Crippen molar-refractivity contribution in [2.24, 2.45) is 9.98 Å². The molecular weight excluding hydrogens is 326 g/mol. The van der Waals surface area contributed by atoms with Gasteiger partial charge in [-0.05, 0) is 0 Å². The predicted molar refractivity (Wildman–Crippen MR) is 80.5 cm³/mol.